The van der Waals surface area contributed by atoms with Crippen molar-refractivity contribution in [3.63, 3.8) is 0 Å². The molecule has 0 unspecified atom stereocenters. The van der Waals surface area contributed by atoms with Crippen molar-refractivity contribution in [1.82, 2.24) is 0 Å². The number of methoxy groups -OCH3 is 1. The number of esters is 1. The Morgan fingerprint density at radius 2 is 1.50 bits per heavy atom. The molecule has 0 heterocycles. The fourth-order valence-corrected chi connectivity index (χ4v) is 3.25. The molecule has 2 rings (SSSR count). The van der Waals surface area contributed by atoms with Gasteiger partial charge in [0.2, 0.25) is 0 Å². The molecule has 2 aromatic carbocycles. The van der Waals surface area contributed by atoms with E-state index in [0.717, 1.165) is 53.7 Å². The second kappa shape index (κ2) is 10.6. The van der Waals surface area contributed by atoms with E-state index in [1.165, 1.54) is 7.11 Å². The Kier molecular flexibility index (Phi) is 8.24. The van der Waals surface area contributed by atoms with Gasteiger partial charge in [-0.25, -0.2) is 0 Å². The highest BCUT2D eigenvalue weighted by atomic mass is 16.5. The lowest BCUT2D eigenvalue weighted by Crippen LogP contribution is -2.07. The van der Waals surface area contributed by atoms with Crippen LogP contribution < -0.4 is 4.74 Å². The number of Topliss-reactive ketones (excluding diaryl/α,β-unsaturated/α-hetero) is 1. The Bertz CT molecular complexity index is 796. The normalized spacial score (nSPS) is 10.6. The van der Waals surface area contributed by atoms with Crippen molar-refractivity contribution in [2.24, 2.45) is 0 Å². The summed E-state index contributed by atoms with van der Waals surface area (Å²) >= 11 is 0. The second-order valence-electron chi connectivity index (χ2n) is 6.86. The maximum atomic E-state index is 12.3. The van der Waals surface area contributed by atoms with E-state index in [1.807, 2.05) is 43.3 Å². The molecule has 0 saturated carbocycles. The summed E-state index contributed by atoms with van der Waals surface area (Å²) in [5.41, 5.74) is 3.62. The van der Waals surface area contributed by atoms with Gasteiger partial charge in [0.1, 0.15) is 11.5 Å². The first kappa shape index (κ1) is 21.7. The summed E-state index contributed by atoms with van der Waals surface area (Å²) < 4.78 is 11.2. The third kappa shape index (κ3) is 5.44. The molecule has 2 aromatic rings. The molecule has 0 atom stereocenters. The summed E-state index contributed by atoms with van der Waals surface area (Å²) in [7, 11) is 1.38. The Labute approximate surface area is 167 Å². The topological polar surface area (TPSA) is 52.6 Å². The number of hydrogen-bond donors (Lipinski definition) is 0. The molecule has 0 fully saturated rings. The standard InChI is InChI=1S/C24H30O4/c1-5-10-18-14-20(21(25)7-3)15-19(11-6-2)24(18)28-22-13-9-8-12-17(22)16-23(26)27-4/h8-9,12-15H,5-7,10-11,16H2,1-4H3. The molecule has 0 aliphatic heterocycles. The number of carbonyl (C=O) groups is 2. The lowest BCUT2D eigenvalue weighted by atomic mass is 9.95. The Hall–Kier alpha value is -2.62. The summed E-state index contributed by atoms with van der Waals surface area (Å²) in [6.45, 7) is 6.11. The maximum Gasteiger partial charge on any atom is 0.310 e. The highest BCUT2D eigenvalue weighted by Gasteiger charge is 2.17. The van der Waals surface area contributed by atoms with Crippen LogP contribution >= 0.6 is 0 Å². The van der Waals surface area contributed by atoms with Gasteiger partial charge in [0.15, 0.2) is 5.78 Å². The Morgan fingerprint density at radius 3 is 2.04 bits per heavy atom. The van der Waals surface area contributed by atoms with E-state index in [0.29, 0.717) is 12.2 Å². The van der Waals surface area contributed by atoms with Crippen molar-refractivity contribution >= 4 is 11.8 Å². The van der Waals surface area contributed by atoms with E-state index in [-0.39, 0.29) is 18.2 Å². The van der Waals surface area contributed by atoms with Crippen LogP contribution in [-0.4, -0.2) is 18.9 Å². The second-order valence-corrected chi connectivity index (χ2v) is 6.86. The number of aryl methyl sites for hydroxylation is 2. The average Bonchev–Trinajstić information content (AvgIpc) is 2.70. The van der Waals surface area contributed by atoms with E-state index < -0.39 is 0 Å². The van der Waals surface area contributed by atoms with Gasteiger partial charge in [-0.05, 0) is 42.2 Å². The summed E-state index contributed by atoms with van der Waals surface area (Å²) in [6, 6.07) is 11.5. The van der Waals surface area contributed by atoms with Gasteiger partial charge in [0, 0.05) is 17.5 Å². The highest BCUT2D eigenvalue weighted by Crippen LogP contribution is 2.35. The first-order chi connectivity index (χ1) is 13.5. The van der Waals surface area contributed by atoms with Crippen molar-refractivity contribution in [3.05, 3.63) is 58.7 Å². The number of hydrogen-bond acceptors (Lipinski definition) is 4. The molecular formula is C24H30O4. The van der Waals surface area contributed by atoms with Gasteiger partial charge in [0.05, 0.1) is 13.5 Å². The van der Waals surface area contributed by atoms with Crippen LogP contribution in [-0.2, 0) is 28.8 Å². The van der Waals surface area contributed by atoms with Crippen LogP contribution in [0.2, 0.25) is 0 Å². The molecule has 0 amide bonds. The first-order valence-corrected chi connectivity index (χ1v) is 10.1. The minimum absolute atomic E-state index is 0.146. The summed E-state index contributed by atoms with van der Waals surface area (Å²) in [6.07, 6.45) is 4.21. The molecular weight excluding hydrogens is 352 g/mol. The third-order valence-corrected chi connectivity index (χ3v) is 4.67. The number of ether oxygens (including phenoxy) is 2. The number of benzene rings is 2. The molecule has 0 aromatic heterocycles. The van der Waals surface area contributed by atoms with Gasteiger partial charge in [-0.15, -0.1) is 0 Å². The molecule has 0 spiro atoms. The zero-order valence-electron chi connectivity index (χ0n) is 17.3. The van der Waals surface area contributed by atoms with Crippen LogP contribution in [0.4, 0.5) is 0 Å². The number of ketones is 1. The van der Waals surface area contributed by atoms with Crippen molar-refractivity contribution in [3.8, 4) is 11.5 Å². The lowest BCUT2D eigenvalue weighted by Gasteiger charge is -2.19. The summed E-state index contributed by atoms with van der Waals surface area (Å²) in [5.74, 6) is 1.31. The quantitative estimate of drug-likeness (QED) is 0.391. The van der Waals surface area contributed by atoms with E-state index in [2.05, 4.69) is 13.8 Å². The largest absolute Gasteiger partial charge is 0.469 e. The van der Waals surface area contributed by atoms with Crippen LogP contribution in [0, 0.1) is 0 Å². The van der Waals surface area contributed by atoms with Gasteiger partial charge < -0.3 is 9.47 Å². The minimum atomic E-state index is -0.303. The van der Waals surface area contributed by atoms with Crippen LogP contribution in [0.3, 0.4) is 0 Å². The van der Waals surface area contributed by atoms with Crippen LogP contribution in [0.1, 0.15) is 67.1 Å². The molecule has 150 valence electrons. The van der Waals surface area contributed by atoms with Gasteiger partial charge in [-0.1, -0.05) is 51.8 Å². The molecule has 28 heavy (non-hydrogen) atoms. The van der Waals surface area contributed by atoms with E-state index >= 15 is 0 Å². The van der Waals surface area contributed by atoms with Gasteiger partial charge in [0.25, 0.3) is 0 Å². The van der Waals surface area contributed by atoms with Gasteiger partial charge >= 0.3 is 5.97 Å². The van der Waals surface area contributed by atoms with Gasteiger partial charge in [-0.3, -0.25) is 9.59 Å². The molecule has 0 aliphatic carbocycles. The predicted octanol–water partition coefficient (Wildman–Crippen LogP) is 5.69. The third-order valence-electron chi connectivity index (χ3n) is 4.67. The van der Waals surface area contributed by atoms with Crippen molar-refractivity contribution in [2.45, 2.75) is 59.3 Å². The average molecular weight is 383 g/mol. The summed E-state index contributed by atoms with van der Waals surface area (Å²) in [5, 5.41) is 0. The molecule has 0 N–H and O–H groups in total. The van der Waals surface area contributed by atoms with Crippen LogP contribution in [0.5, 0.6) is 11.5 Å². The fraction of sp³-hybridized carbons (Fsp3) is 0.417. The minimum Gasteiger partial charge on any atom is -0.469 e. The maximum absolute atomic E-state index is 12.3. The van der Waals surface area contributed by atoms with Crippen molar-refractivity contribution in [1.29, 1.82) is 0 Å². The Morgan fingerprint density at radius 1 is 0.893 bits per heavy atom. The molecule has 0 bridgehead atoms. The molecule has 0 radical (unpaired) electrons. The van der Waals surface area contributed by atoms with Crippen LogP contribution in [0.15, 0.2) is 36.4 Å². The number of rotatable bonds is 10. The van der Waals surface area contributed by atoms with Crippen molar-refractivity contribution < 1.29 is 19.1 Å². The number of carbonyl (C=O) groups excluding carboxylic acids is 2. The summed E-state index contributed by atoms with van der Waals surface area (Å²) in [4.78, 5) is 24.1. The monoisotopic (exact) mass is 382 g/mol. The highest BCUT2D eigenvalue weighted by molar-refractivity contribution is 5.96. The Balaban J connectivity index is 2.52. The zero-order chi connectivity index (χ0) is 20.5. The first-order valence-electron chi connectivity index (χ1n) is 10.1. The van der Waals surface area contributed by atoms with E-state index in [1.54, 1.807) is 0 Å². The fourth-order valence-electron chi connectivity index (χ4n) is 3.25. The SMILES string of the molecule is CCCc1cc(C(=O)CC)cc(CCC)c1Oc1ccccc1CC(=O)OC. The zero-order valence-corrected chi connectivity index (χ0v) is 17.3. The molecule has 0 aliphatic rings. The lowest BCUT2D eigenvalue weighted by molar-refractivity contribution is -0.139. The molecule has 4 nitrogen and oxygen atoms in total. The van der Waals surface area contributed by atoms with E-state index in [9.17, 15) is 9.59 Å². The van der Waals surface area contributed by atoms with Crippen molar-refractivity contribution in [2.75, 3.05) is 7.11 Å². The molecule has 4 heteroatoms. The van der Waals surface area contributed by atoms with Crippen LogP contribution in [0.25, 0.3) is 0 Å². The smallest absolute Gasteiger partial charge is 0.310 e. The van der Waals surface area contributed by atoms with Gasteiger partial charge in [-0.2, -0.15) is 0 Å². The predicted molar refractivity (Wildman–Crippen MR) is 111 cm³/mol. The molecule has 0 saturated heterocycles. The number of para-hydroxylation sites is 1. The van der Waals surface area contributed by atoms with E-state index in [4.69, 9.17) is 9.47 Å².